The smallest absolute Gasteiger partial charge is 0.0340 e. The maximum Gasteiger partial charge on any atom is 0.0340 e. The van der Waals surface area contributed by atoms with E-state index in [1.54, 1.807) is 0 Å². The summed E-state index contributed by atoms with van der Waals surface area (Å²) in [7, 11) is 0. The van der Waals surface area contributed by atoms with E-state index in [-0.39, 0.29) is 0 Å². The summed E-state index contributed by atoms with van der Waals surface area (Å²) < 4.78 is 0. The molecular weight excluding hydrogens is 98.1 g/mol. The highest BCUT2D eigenvalue weighted by atomic mass is 14.9. The average molecular weight is 107 g/mol. The maximum atomic E-state index is 3.76. The normalized spacial score (nSPS) is 17.5. The van der Waals surface area contributed by atoms with Crippen molar-refractivity contribution >= 4 is 0 Å². The molecule has 0 aromatic rings. The van der Waals surface area contributed by atoms with E-state index >= 15 is 0 Å². The summed E-state index contributed by atoms with van der Waals surface area (Å²) in [4.78, 5) is 0. The van der Waals surface area contributed by atoms with Crippen LogP contribution in [0.3, 0.4) is 0 Å². The number of rotatable bonds is 1. The molecule has 1 heteroatoms. The first-order valence-electron chi connectivity index (χ1n) is 2.60. The van der Waals surface area contributed by atoms with Crippen molar-refractivity contribution in [3.05, 3.63) is 36.6 Å². The number of hydrogen-bond donors (Lipinski definition) is 1. The van der Waals surface area contributed by atoms with Crippen LogP contribution in [-0.4, -0.2) is 6.54 Å². The number of nitrogens with one attached hydrogen (secondary N) is 1. The molecule has 0 radical (unpaired) electrons. The van der Waals surface area contributed by atoms with E-state index in [1.165, 1.54) is 0 Å². The van der Waals surface area contributed by atoms with Gasteiger partial charge in [-0.2, -0.15) is 0 Å². The van der Waals surface area contributed by atoms with Crippen LogP contribution in [0.1, 0.15) is 0 Å². The molecule has 1 N–H and O–H groups in total. The largest absolute Gasteiger partial charge is 0.382 e. The van der Waals surface area contributed by atoms with E-state index in [2.05, 4.69) is 24.6 Å². The number of allylic oxidation sites excluding steroid dienone is 1. The quantitative estimate of drug-likeness (QED) is 0.531. The Morgan fingerprint density at radius 1 is 1.75 bits per heavy atom. The van der Waals surface area contributed by atoms with Crippen molar-refractivity contribution in [3.63, 3.8) is 0 Å². The lowest BCUT2D eigenvalue weighted by molar-refractivity contribution is 0.983. The highest BCUT2D eigenvalue weighted by molar-refractivity contribution is 5.39. The van der Waals surface area contributed by atoms with Gasteiger partial charge < -0.3 is 5.32 Å². The molecule has 1 heterocycles. The molecule has 8 heavy (non-hydrogen) atoms. The third-order valence-electron chi connectivity index (χ3n) is 1.21. The fourth-order valence-corrected chi connectivity index (χ4v) is 0.716. The molecule has 0 amide bonds. The summed E-state index contributed by atoms with van der Waals surface area (Å²) in [5.74, 6) is 0. The van der Waals surface area contributed by atoms with Gasteiger partial charge in [-0.1, -0.05) is 25.3 Å². The van der Waals surface area contributed by atoms with Gasteiger partial charge in [0.1, 0.15) is 0 Å². The standard InChI is InChI=1S/C7H9N/c1-3-7-4-5-8-6(7)2/h3-4,8H,1-2,5H2. The predicted octanol–water partition coefficient (Wildman–Crippen LogP) is 1.22. The van der Waals surface area contributed by atoms with Crippen molar-refractivity contribution in [2.24, 2.45) is 0 Å². The summed E-state index contributed by atoms with van der Waals surface area (Å²) in [6.45, 7) is 8.28. The van der Waals surface area contributed by atoms with Gasteiger partial charge in [0.2, 0.25) is 0 Å². The molecule has 1 nitrogen and oxygen atoms in total. The second kappa shape index (κ2) is 1.86. The SMILES string of the molecule is C=CC1=CCNC1=C. The Labute approximate surface area is 49.4 Å². The predicted molar refractivity (Wildman–Crippen MR) is 35.4 cm³/mol. The third kappa shape index (κ3) is 0.668. The minimum atomic E-state index is 0.903. The molecule has 1 rings (SSSR count). The lowest BCUT2D eigenvalue weighted by Gasteiger charge is -1.94. The first-order chi connectivity index (χ1) is 3.84. The van der Waals surface area contributed by atoms with Crippen LogP contribution in [0.15, 0.2) is 36.6 Å². The Kier molecular flexibility index (Phi) is 1.20. The molecule has 42 valence electrons. The van der Waals surface area contributed by atoms with Crippen LogP contribution in [0.4, 0.5) is 0 Å². The van der Waals surface area contributed by atoms with Crippen LogP contribution in [0.25, 0.3) is 0 Å². The zero-order valence-electron chi connectivity index (χ0n) is 4.78. The molecule has 0 fully saturated rings. The van der Waals surface area contributed by atoms with Crippen molar-refractivity contribution in [1.29, 1.82) is 0 Å². The Morgan fingerprint density at radius 3 is 2.75 bits per heavy atom. The first kappa shape index (κ1) is 5.16. The van der Waals surface area contributed by atoms with Crippen LogP contribution in [0.5, 0.6) is 0 Å². The summed E-state index contributed by atoms with van der Waals surface area (Å²) in [6, 6.07) is 0. The fraction of sp³-hybridized carbons (Fsp3) is 0.143. The van der Waals surface area contributed by atoms with Gasteiger partial charge in [-0.15, -0.1) is 0 Å². The van der Waals surface area contributed by atoms with Gasteiger partial charge in [0, 0.05) is 12.2 Å². The number of hydrogen-bond acceptors (Lipinski definition) is 1. The highest BCUT2D eigenvalue weighted by Crippen LogP contribution is 2.09. The van der Waals surface area contributed by atoms with Gasteiger partial charge in [0.05, 0.1) is 0 Å². The summed E-state index contributed by atoms with van der Waals surface area (Å²) in [5.41, 5.74) is 2.12. The van der Waals surface area contributed by atoms with Gasteiger partial charge in [0.15, 0.2) is 0 Å². The van der Waals surface area contributed by atoms with Crippen molar-refractivity contribution in [3.8, 4) is 0 Å². The summed E-state index contributed by atoms with van der Waals surface area (Å²) in [5, 5.41) is 3.06. The van der Waals surface area contributed by atoms with E-state index in [0.717, 1.165) is 17.8 Å². The molecular formula is C7H9N. The summed E-state index contributed by atoms with van der Waals surface area (Å²) in [6.07, 6.45) is 3.87. The maximum absolute atomic E-state index is 3.76. The molecule has 0 aromatic carbocycles. The molecule has 0 saturated carbocycles. The zero-order valence-corrected chi connectivity index (χ0v) is 4.78. The van der Waals surface area contributed by atoms with Crippen molar-refractivity contribution in [2.75, 3.05) is 6.54 Å². The second-order valence-corrected chi connectivity index (χ2v) is 1.72. The van der Waals surface area contributed by atoms with E-state index in [1.807, 2.05) is 6.08 Å². The topological polar surface area (TPSA) is 12.0 Å². The van der Waals surface area contributed by atoms with Crippen LogP contribution < -0.4 is 5.32 Å². The van der Waals surface area contributed by atoms with Crippen LogP contribution >= 0.6 is 0 Å². The van der Waals surface area contributed by atoms with Crippen molar-refractivity contribution < 1.29 is 0 Å². The van der Waals surface area contributed by atoms with E-state index in [9.17, 15) is 0 Å². The van der Waals surface area contributed by atoms with Gasteiger partial charge in [0.25, 0.3) is 0 Å². The lowest BCUT2D eigenvalue weighted by Crippen LogP contribution is -2.03. The van der Waals surface area contributed by atoms with Crippen LogP contribution in [-0.2, 0) is 0 Å². The van der Waals surface area contributed by atoms with Crippen molar-refractivity contribution in [2.45, 2.75) is 0 Å². The fourth-order valence-electron chi connectivity index (χ4n) is 0.716. The van der Waals surface area contributed by atoms with Gasteiger partial charge >= 0.3 is 0 Å². The minimum absolute atomic E-state index is 0.903. The molecule has 0 unspecified atom stereocenters. The Bertz CT molecular complexity index is 154. The molecule has 0 bridgehead atoms. The first-order valence-corrected chi connectivity index (χ1v) is 2.60. The van der Waals surface area contributed by atoms with E-state index in [0.29, 0.717) is 0 Å². The molecule has 1 aliphatic heterocycles. The zero-order chi connectivity index (χ0) is 5.98. The van der Waals surface area contributed by atoms with E-state index in [4.69, 9.17) is 0 Å². The second-order valence-electron chi connectivity index (χ2n) is 1.72. The van der Waals surface area contributed by atoms with E-state index < -0.39 is 0 Å². The molecule has 0 aliphatic carbocycles. The third-order valence-corrected chi connectivity index (χ3v) is 1.21. The Morgan fingerprint density at radius 2 is 2.50 bits per heavy atom. The Hall–Kier alpha value is -0.980. The average Bonchev–Trinajstić information content (AvgIpc) is 2.14. The molecule has 0 saturated heterocycles. The monoisotopic (exact) mass is 107 g/mol. The molecule has 0 aromatic heterocycles. The van der Waals surface area contributed by atoms with Gasteiger partial charge in [-0.05, 0) is 5.57 Å². The van der Waals surface area contributed by atoms with Crippen LogP contribution in [0, 0.1) is 0 Å². The minimum Gasteiger partial charge on any atom is -0.382 e. The van der Waals surface area contributed by atoms with Gasteiger partial charge in [-0.25, -0.2) is 0 Å². The summed E-state index contributed by atoms with van der Waals surface area (Å²) >= 11 is 0. The molecule has 1 aliphatic rings. The van der Waals surface area contributed by atoms with Crippen molar-refractivity contribution in [1.82, 2.24) is 5.32 Å². The molecule has 0 atom stereocenters. The lowest BCUT2D eigenvalue weighted by atomic mass is 10.2. The highest BCUT2D eigenvalue weighted by Gasteiger charge is 2.01. The Balaban J connectivity index is 2.76. The van der Waals surface area contributed by atoms with Gasteiger partial charge in [-0.3, -0.25) is 0 Å². The molecule has 0 spiro atoms. The van der Waals surface area contributed by atoms with Crippen LogP contribution in [0.2, 0.25) is 0 Å².